The van der Waals surface area contributed by atoms with Crippen molar-refractivity contribution in [2.75, 3.05) is 0 Å². The summed E-state index contributed by atoms with van der Waals surface area (Å²) >= 11 is 0. The molecule has 3 aromatic carbocycles. The zero-order chi connectivity index (χ0) is 18.1. The summed E-state index contributed by atoms with van der Waals surface area (Å²) in [6, 6.07) is 31.8. The Morgan fingerprint density at radius 1 is 0.667 bits per heavy atom. The summed E-state index contributed by atoms with van der Waals surface area (Å²) in [7, 11) is 0. The third kappa shape index (κ3) is 2.99. The van der Waals surface area contributed by atoms with Gasteiger partial charge in [-0.1, -0.05) is 91.0 Å². The molecule has 1 aliphatic carbocycles. The maximum Gasteiger partial charge on any atom is 0.144 e. The first-order valence-corrected chi connectivity index (χ1v) is 9.88. The standard InChI is InChI=1S/C25H24O2/c1-4-11-19(12-5-1)25(20-13-6-2-7-14-20,21-15-8-3-9-16-21)27-23-18-10-17-22-24(23)26-22/h1-9,11-16,22-24H,10,17-18H2/t22?,23-,24-/m1/s1. The van der Waals surface area contributed by atoms with Gasteiger partial charge in [-0.05, 0) is 36.0 Å². The molecule has 1 unspecified atom stereocenters. The summed E-state index contributed by atoms with van der Waals surface area (Å²) in [4.78, 5) is 0. The van der Waals surface area contributed by atoms with Gasteiger partial charge in [0.25, 0.3) is 0 Å². The Hall–Kier alpha value is -2.42. The number of fused-ring (bicyclic) bond motifs is 1. The molecule has 2 nitrogen and oxygen atoms in total. The molecule has 136 valence electrons. The lowest BCUT2D eigenvalue weighted by Crippen LogP contribution is -2.40. The highest BCUT2D eigenvalue weighted by Gasteiger charge is 2.51. The number of hydrogen-bond acceptors (Lipinski definition) is 2. The minimum atomic E-state index is -0.637. The third-order valence-electron chi connectivity index (χ3n) is 5.83. The van der Waals surface area contributed by atoms with Crippen molar-refractivity contribution in [2.24, 2.45) is 0 Å². The molecule has 2 fully saturated rings. The normalized spacial score (nSPS) is 24.2. The molecule has 0 amide bonds. The van der Waals surface area contributed by atoms with Gasteiger partial charge in [0.2, 0.25) is 0 Å². The number of ether oxygens (including phenoxy) is 2. The first kappa shape index (κ1) is 16.7. The average Bonchev–Trinajstić information content (AvgIpc) is 3.55. The van der Waals surface area contributed by atoms with Crippen LogP contribution >= 0.6 is 0 Å². The summed E-state index contributed by atoms with van der Waals surface area (Å²) < 4.78 is 13.0. The number of epoxide rings is 1. The van der Waals surface area contributed by atoms with Crippen LogP contribution in [0.5, 0.6) is 0 Å². The van der Waals surface area contributed by atoms with Crippen LogP contribution in [0.4, 0.5) is 0 Å². The van der Waals surface area contributed by atoms with E-state index in [1.165, 1.54) is 12.8 Å². The predicted molar refractivity (Wildman–Crippen MR) is 107 cm³/mol. The van der Waals surface area contributed by atoms with Gasteiger partial charge in [0.1, 0.15) is 11.7 Å². The van der Waals surface area contributed by atoms with Gasteiger partial charge in [-0.2, -0.15) is 0 Å². The van der Waals surface area contributed by atoms with Crippen molar-refractivity contribution >= 4 is 0 Å². The van der Waals surface area contributed by atoms with Crippen LogP contribution in [-0.2, 0) is 15.1 Å². The van der Waals surface area contributed by atoms with Crippen LogP contribution < -0.4 is 0 Å². The number of benzene rings is 3. The highest BCUT2D eigenvalue weighted by atomic mass is 16.6. The van der Waals surface area contributed by atoms with E-state index in [1.54, 1.807) is 0 Å². The monoisotopic (exact) mass is 356 g/mol. The van der Waals surface area contributed by atoms with Gasteiger partial charge >= 0.3 is 0 Å². The van der Waals surface area contributed by atoms with Gasteiger partial charge in [-0.3, -0.25) is 0 Å². The van der Waals surface area contributed by atoms with Crippen molar-refractivity contribution in [3.8, 4) is 0 Å². The SMILES string of the molecule is c1ccc(C(O[C@@H]2CCCC3O[C@H]32)(c2ccccc2)c2ccccc2)cc1. The predicted octanol–water partition coefficient (Wildman–Crippen LogP) is 5.32. The van der Waals surface area contributed by atoms with Crippen molar-refractivity contribution in [3.63, 3.8) is 0 Å². The summed E-state index contributed by atoms with van der Waals surface area (Å²) in [5, 5.41) is 0. The van der Waals surface area contributed by atoms with Crippen LogP contribution in [0.15, 0.2) is 91.0 Å². The zero-order valence-corrected chi connectivity index (χ0v) is 15.3. The molecule has 2 heteroatoms. The largest absolute Gasteiger partial charge is 0.367 e. The van der Waals surface area contributed by atoms with Crippen molar-refractivity contribution in [1.29, 1.82) is 0 Å². The van der Waals surface area contributed by atoms with Crippen molar-refractivity contribution in [1.82, 2.24) is 0 Å². The summed E-state index contributed by atoms with van der Waals surface area (Å²) in [6.07, 6.45) is 4.14. The number of hydrogen-bond donors (Lipinski definition) is 0. The fourth-order valence-electron chi connectivity index (χ4n) is 4.48. The first-order valence-electron chi connectivity index (χ1n) is 9.88. The molecule has 0 spiro atoms. The minimum absolute atomic E-state index is 0.115. The molecule has 1 heterocycles. The second-order valence-corrected chi connectivity index (χ2v) is 7.51. The molecule has 0 bridgehead atoms. The Morgan fingerprint density at radius 3 is 1.63 bits per heavy atom. The molecule has 5 rings (SSSR count). The maximum atomic E-state index is 7.07. The molecule has 3 aromatic rings. The fourth-order valence-corrected chi connectivity index (χ4v) is 4.48. The first-order chi connectivity index (χ1) is 13.4. The molecule has 1 saturated carbocycles. The Labute approximate surface area is 160 Å². The van der Waals surface area contributed by atoms with Crippen LogP contribution in [0.3, 0.4) is 0 Å². The van der Waals surface area contributed by atoms with Gasteiger partial charge in [0.15, 0.2) is 0 Å². The van der Waals surface area contributed by atoms with Gasteiger partial charge in [-0.15, -0.1) is 0 Å². The molecule has 3 atom stereocenters. The summed E-state index contributed by atoms with van der Waals surface area (Å²) in [5.74, 6) is 0. The highest BCUT2D eigenvalue weighted by molar-refractivity contribution is 5.47. The van der Waals surface area contributed by atoms with E-state index in [4.69, 9.17) is 9.47 Å². The van der Waals surface area contributed by atoms with Crippen LogP contribution in [0.25, 0.3) is 0 Å². The second-order valence-electron chi connectivity index (χ2n) is 7.51. The Kier molecular flexibility index (Phi) is 4.31. The van der Waals surface area contributed by atoms with Crippen LogP contribution in [0, 0.1) is 0 Å². The van der Waals surface area contributed by atoms with Crippen molar-refractivity contribution < 1.29 is 9.47 Å². The second kappa shape index (κ2) is 6.95. The van der Waals surface area contributed by atoms with Gasteiger partial charge in [-0.25, -0.2) is 0 Å². The molecule has 0 aromatic heterocycles. The molecule has 1 saturated heterocycles. The Bertz CT molecular complexity index is 779. The molecule has 1 aliphatic heterocycles. The summed E-state index contributed by atoms with van der Waals surface area (Å²) in [5.41, 5.74) is 2.84. The third-order valence-corrected chi connectivity index (χ3v) is 5.83. The number of rotatable bonds is 5. The lowest BCUT2D eigenvalue weighted by atomic mass is 9.79. The molecule has 0 radical (unpaired) electrons. The maximum absolute atomic E-state index is 7.07. The smallest absolute Gasteiger partial charge is 0.144 e. The van der Waals surface area contributed by atoms with E-state index in [0.29, 0.717) is 6.10 Å². The minimum Gasteiger partial charge on any atom is -0.367 e. The van der Waals surface area contributed by atoms with E-state index in [9.17, 15) is 0 Å². The van der Waals surface area contributed by atoms with Crippen molar-refractivity contribution in [3.05, 3.63) is 108 Å². The average molecular weight is 356 g/mol. The van der Waals surface area contributed by atoms with Crippen LogP contribution in [0.1, 0.15) is 36.0 Å². The molecule has 27 heavy (non-hydrogen) atoms. The van der Waals surface area contributed by atoms with Gasteiger partial charge < -0.3 is 9.47 Å². The topological polar surface area (TPSA) is 21.8 Å². The van der Waals surface area contributed by atoms with E-state index in [-0.39, 0.29) is 12.2 Å². The van der Waals surface area contributed by atoms with E-state index in [0.717, 1.165) is 23.1 Å². The lowest BCUT2D eigenvalue weighted by Gasteiger charge is -2.39. The summed E-state index contributed by atoms with van der Waals surface area (Å²) in [6.45, 7) is 0. The van der Waals surface area contributed by atoms with Crippen molar-refractivity contribution in [2.45, 2.75) is 43.2 Å². The molecule has 2 aliphatic rings. The lowest BCUT2D eigenvalue weighted by molar-refractivity contribution is -0.0646. The fraction of sp³-hybridized carbons (Fsp3) is 0.280. The highest BCUT2D eigenvalue weighted by Crippen LogP contribution is 2.46. The zero-order valence-electron chi connectivity index (χ0n) is 15.3. The molecule has 0 N–H and O–H groups in total. The van der Waals surface area contributed by atoms with E-state index in [2.05, 4.69) is 91.0 Å². The quantitative estimate of drug-likeness (QED) is 0.456. The van der Waals surface area contributed by atoms with E-state index in [1.807, 2.05) is 0 Å². The van der Waals surface area contributed by atoms with Crippen LogP contribution in [0.2, 0.25) is 0 Å². The van der Waals surface area contributed by atoms with E-state index >= 15 is 0 Å². The Morgan fingerprint density at radius 2 is 1.15 bits per heavy atom. The Balaban J connectivity index is 1.69. The van der Waals surface area contributed by atoms with E-state index < -0.39 is 5.60 Å². The van der Waals surface area contributed by atoms with Gasteiger partial charge in [0.05, 0.1) is 12.2 Å². The molecular weight excluding hydrogens is 332 g/mol. The molecular formula is C25H24O2. The van der Waals surface area contributed by atoms with Crippen LogP contribution in [-0.4, -0.2) is 18.3 Å². The van der Waals surface area contributed by atoms with Gasteiger partial charge in [0, 0.05) is 0 Å².